The first kappa shape index (κ1) is 25.3. The molecule has 0 N–H and O–H groups in total. The van der Waals surface area contributed by atoms with Gasteiger partial charge in [0.25, 0.3) is 0 Å². The van der Waals surface area contributed by atoms with Crippen molar-refractivity contribution in [1.82, 2.24) is 9.97 Å². The third-order valence-electron chi connectivity index (χ3n) is 5.72. The van der Waals surface area contributed by atoms with Crippen LogP contribution in [0.1, 0.15) is 22.9 Å². The lowest BCUT2D eigenvalue weighted by molar-refractivity contribution is -0.0405. The van der Waals surface area contributed by atoms with Crippen LogP contribution < -0.4 is 9.47 Å². The molecule has 0 atom stereocenters. The van der Waals surface area contributed by atoms with Crippen LogP contribution in [-0.2, 0) is 29.3 Å². The Kier molecular flexibility index (Phi) is 8.13. The van der Waals surface area contributed by atoms with Gasteiger partial charge < -0.3 is 27.8 Å². The van der Waals surface area contributed by atoms with Gasteiger partial charge in [0.2, 0.25) is 11.8 Å². The standard InChI is InChI=1S/C30H28N2O6/c1-21-26(31-29(37-21)22-9-5-3-6-10-22)18-35-24-13-15-25(16-14-24)36-19-28-27(17-34-20-33-2)32-30(38-28)23-11-7-4-8-12-23/h3-16H,17-20H2,1-2H3. The Bertz CT molecular complexity index is 1430. The molecule has 2 heterocycles. The van der Waals surface area contributed by atoms with E-state index < -0.39 is 0 Å². The average Bonchev–Trinajstić information content (AvgIpc) is 3.55. The fraction of sp³-hybridized carbons (Fsp3) is 0.200. The summed E-state index contributed by atoms with van der Waals surface area (Å²) in [5.74, 6) is 3.79. The molecule has 8 nitrogen and oxygen atoms in total. The van der Waals surface area contributed by atoms with E-state index in [1.54, 1.807) is 7.11 Å². The number of ether oxygens (including phenoxy) is 4. The summed E-state index contributed by atoms with van der Waals surface area (Å²) in [6.45, 7) is 2.80. The summed E-state index contributed by atoms with van der Waals surface area (Å²) >= 11 is 0. The monoisotopic (exact) mass is 512 g/mol. The number of aryl methyl sites for hydroxylation is 1. The van der Waals surface area contributed by atoms with Crippen LogP contribution in [0.15, 0.2) is 93.8 Å². The Hall–Kier alpha value is -4.40. The van der Waals surface area contributed by atoms with Crippen molar-refractivity contribution in [2.75, 3.05) is 13.9 Å². The van der Waals surface area contributed by atoms with Gasteiger partial charge in [-0.2, -0.15) is 0 Å². The molecule has 0 bridgehead atoms. The molecule has 0 saturated carbocycles. The quantitative estimate of drug-likeness (QED) is 0.137. The van der Waals surface area contributed by atoms with Gasteiger partial charge in [-0.3, -0.25) is 0 Å². The highest BCUT2D eigenvalue weighted by molar-refractivity contribution is 5.54. The summed E-state index contributed by atoms with van der Waals surface area (Å²) in [5, 5.41) is 0. The molecule has 194 valence electrons. The number of hydrogen-bond acceptors (Lipinski definition) is 8. The van der Waals surface area contributed by atoms with Crippen LogP contribution in [0.3, 0.4) is 0 Å². The maximum Gasteiger partial charge on any atom is 0.226 e. The van der Waals surface area contributed by atoms with Crippen LogP contribution in [-0.4, -0.2) is 23.9 Å². The molecule has 3 aromatic carbocycles. The Morgan fingerprint density at radius 1 is 0.632 bits per heavy atom. The van der Waals surface area contributed by atoms with E-state index in [2.05, 4.69) is 9.97 Å². The van der Waals surface area contributed by atoms with Gasteiger partial charge in [-0.05, 0) is 55.5 Å². The molecule has 38 heavy (non-hydrogen) atoms. The maximum absolute atomic E-state index is 6.01. The second-order valence-electron chi connectivity index (χ2n) is 8.45. The van der Waals surface area contributed by atoms with Gasteiger partial charge in [0.05, 0.1) is 6.61 Å². The summed E-state index contributed by atoms with van der Waals surface area (Å²) in [6, 6.07) is 26.9. The lowest BCUT2D eigenvalue weighted by Crippen LogP contribution is -2.02. The number of aromatic nitrogens is 2. The molecule has 0 radical (unpaired) electrons. The smallest absolute Gasteiger partial charge is 0.226 e. The summed E-state index contributed by atoms with van der Waals surface area (Å²) in [6.07, 6.45) is 0. The van der Waals surface area contributed by atoms with Crippen LogP contribution in [0.5, 0.6) is 11.5 Å². The maximum atomic E-state index is 6.01. The van der Waals surface area contributed by atoms with Crippen LogP contribution in [0, 0.1) is 6.92 Å². The molecule has 0 aliphatic rings. The zero-order chi connectivity index (χ0) is 26.2. The number of methoxy groups -OCH3 is 1. The summed E-state index contributed by atoms with van der Waals surface area (Å²) in [5.41, 5.74) is 3.23. The third kappa shape index (κ3) is 6.29. The molecule has 8 heteroatoms. The lowest BCUT2D eigenvalue weighted by atomic mass is 10.2. The minimum atomic E-state index is 0.163. The molecule has 5 aromatic rings. The largest absolute Gasteiger partial charge is 0.487 e. The summed E-state index contributed by atoms with van der Waals surface area (Å²) in [4.78, 5) is 9.18. The van der Waals surface area contributed by atoms with E-state index in [9.17, 15) is 0 Å². The van der Waals surface area contributed by atoms with E-state index in [0.29, 0.717) is 41.3 Å². The van der Waals surface area contributed by atoms with Crippen molar-refractivity contribution in [3.8, 4) is 34.4 Å². The van der Waals surface area contributed by atoms with Crippen molar-refractivity contribution in [3.05, 3.63) is 108 Å². The fourth-order valence-corrected chi connectivity index (χ4v) is 3.73. The highest BCUT2D eigenvalue weighted by atomic mass is 16.7. The van der Waals surface area contributed by atoms with E-state index in [0.717, 1.165) is 22.6 Å². The summed E-state index contributed by atoms with van der Waals surface area (Å²) in [7, 11) is 1.57. The van der Waals surface area contributed by atoms with Gasteiger partial charge in [0, 0.05) is 18.2 Å². The Morgan fingerprint density at radius 2 is 1.18 bits per heavy atom. The van der Waals surface area contributed by atoms with Gasteiger partial charge in [0.1, 0.15) is 48.7 Å². The van der Waals surface area contributed by atoms with Crippen LogP contribution in [0.25, 0.3) is 22.9 Å². The minimum Gasteiger partial charge on any atom is -0.487 e. The molecule has 0 saturated heterocycles. The first-order valence-corrected chi connectivity index (χ1v) is 12.2. The highest BCUT2D eigenvalue weighted by Gasteiger charge is 2.16. The van der Waals surface area contributed by atoms with Gasteiger partial charge in [-0.15, -0.1) is 0 Å². The Labute approximate surface area is 220 Å². The van der Waals surface area contributed by atoms with Crippen molar-refractivity contribution in [1.29, 1.82) is 0 Å². The van der Waals surface area contributed by atoms with Gasteiger partial charge in [0.15, 0.2) is 5.76 Å². The Morgan fingerprint density at radius 3 is 1.79 bits per heavy atom. The topological polar surface area (TPSA) is 89.0 Å². The summed E-state index contributed by atoms with van der Waals surface area (Å²) < 4.78 is 34.2. The molecule has 2 aromatic heterocycles. The first-order valence-electron chi connectivity index (χ1n) is 12.2. The number of hydrogen-bond donors (Lipinski definition) is 0. The molecule has 0 amide bonds. The van der Waals surface area contributed by atoms with Crippen molar-refractivity contribution in [2.45, 2.75) is 26.7 Å². The van der Waals surface area contributed by atoms with E-state index in [-0.39, 0.29) is 20.0 Å². The van der Waals surface area contributed by atoms with Crippen molar-refractivity contribution < 1.29 is 27.8 Å². The van der Waals surface area contributed by atoms with Crippen LogP contribution in [0.4, 0.5) is 0 Å². The van der Waals surface area contributed by atoms with Gasteiger partial charge >= 0.3 is 0 Å². The van der Waals surface area contributed by atoms with E-state index in [1.807, 2.05) is 91.9 Å². The second-order valence-corrected chi connectivity index (χ2v) is 8.45. The number of nitrogens with zero attached hydrogens (tertiary/aromatic N) is 2. The SMILES string of the molecule is COCOCc1nc(-c2ccccc2)oc1COc1ccc(OCc2nc(-c3ccccc3)oc2C)cc1. The van der Waals surface area contributed by atoms with E-state index in [1.165, 1.54) is 0 Å². The molecule has 0 fully saturated rings. The number of oxazole rings is 2. The number of rotatable bonds is 12. The van der Waals surface area contributed by atoms with Gasteiger partial charge in [-0.25, -0.2) is 9.97 Å². The van der Waals surface area contributed by atoms with E-state index in [4.69, 9.17) is 27.8 Å². The predicted molar refractivity (Wildman–Crippen MR) is 140 cm³/mol. The van der Waals surface area contributed by atoms with Crippen molar-refractivity contribution >= 4 is 0 Å². The van der Waals surface area contributed by atoms with Crippen LogP contribution in [0.2, 0.25) is 0 Å². The van der Waals surface area contributed by atoms with Crippen molar-refractivity contribution in [2.24, 2.45) is 0 Å². The molecule has 0 unspecified atom stereocenters. The van der Waals surface area contributed by atoms with Crippen molar-refractivity contribution in [3.63, 3.8) is 0 Å². The minimum absolute atomic E-state index is 0.163. The molecule has 5 rings (SSSR count). The fourth-order valence-electron chi connectivity index (χ4n) is 3.73. The second kappa shape index (κ2) is 12.2. The number of benzene rings is 3. The predicted octanol–water partition coefficient (Wildman–Crippen LogP) is 6.58. The molecular formula is C30H28N2O6. The zero-order valence-corrected chi connectivity index (χ0v) is 21.3. The average molecular weight is 513 g/mol. The first-order chi connectivity index (χ1) is 18.7. The molecule has 0 aliphatic carbocycles. The van der Waals surface area contributed by atoms with Gasteiger partial charge in [-0.1, -0.05) is 36.4 Å². The zero-order valence-electron chi connectivity index (χ0n) is 21.3. The van der Waals surface area contributed by atoms with Crippen LogP contribution >= 0.6 is 0 Å². The normalized spacial score (nSPS) is 11.0. The molecular weight excluding hydrogens is 484 g/mol. The molecule has 0 aliphatic heterocycles. The third-order valence-corrected chi connectivity index (χ3v) is 5.72. The van der Waals surface area contributed by atoms with E-state index >= 15 is 0 Å². The lowest BCUT2D eigenvalue weighted by Gasteiger charge is -2.08. The highest BCUT2D eigenvalue weighted by Crippen LogP contribution is 2.26. The molecule has 0 spiro atoms. The Balaban J connectivity index is 1.20.